The average Bonchev–Trinajstić information content (AvgIpc) is 2.84. The molecule has 0 heterocycles. The molecule has 1 aliphatic rings. The highest BCUT2D eigenvalue weighted by molar-refractivity contribution is 5.77. The van der Waals surface area contributed by atoms with Gasteiger partial charge in [0, 0.05) is 13.1 Å². The van der Waals surface area contributed by atoms with Crippen LogP contribution in [0.3, 0.4) is 0 Å². The van der Waals surface area contributed by atoms with Crippen molar-refractivity contribution in [3.8, 4) is 0 Å². The van der Waals surface area contributed by atoms with Crippen LogP contribution in [0.5, 0.6) is 0 Å². The van der Waals surface area contributed by atoms with Gasteiger partial charge in [-0.1, -0.05) is 0 Å². The second-order valence-corrected chi connectivity index (χ2v) is 3.71. The Bertz CT molecular complexity index is 169. The minimum atomic E-state index is -0.00259. The Kier molecular flexibility index (Phi) is 4.18. The molecule has 1 aliphatic carbocycles. The van der Waals surface area contributed by atoms with Gasteiger partial charge in [-0.3, -0.25) is 9.69 Å². The molecule has 0 saturated heterocycles. The molecule has 0 spiro atoms. The minimum absolute atomic E-state index is 0.00259. The monoisotopic (exact) mass is 186 g/mol. The molecule has 0 atom stereocenters. The molecule has 0 aromatic rings. The van der Waals surface area contributed by atoms with E-state index in [9.17, 15) is 4.79 Å². The number of aliphatic hydroxyl groups is 1. The maximum Gasteiger partial charge on any atom is 0.234 e. The van der Waals surface area contributed by atoms with E-state index in [-0.39, 0.29) is 12.5 Å². The highest BCUT2D eigenvalue weighted by atomic mass is 16.3. The topological polar surface area (TPSA) is 52.6 Å². The molecule has 1 amide bonds. The summed E-state index contributed by atoms with van der Waals surface area (Å²) in [4.78, 5) is 13.2. The third-order valence-corrected chi connectivity index (χ3v) is 2.11. The van der Waals surface area contributed by atoms with Crippen molar-refractivity contribution in [2.75, 3.05) is 33.3 Å². The van der Waals surface area contributed by atoms with Crippen molar-refractivity contribution in [2.45, 2.75) is 12.8 Å². The fraction of sp³-hybridized carbons (Fsp3) is 0.889. The van der Waals surface area contributed by atoms with Crippen LogP contribution in [0.25, 0.3) is 0 Å². The summed E-state index contributed by atoms with van der Waals surface area (Å²) >= 11 is 0. The van der Waals surface area contributed by atoms with Gasteiger partial charge in [-0.05, 0) is 25.8 Å². The van der Waals surface area contributed by atoms with E-state index in [1.54, 1.807) is 0 Å². The maximum atomic E-state index is 11.2. The molecule has 0 bridgehead atoms. The van der Waals surface area contributed by atoms with Crippen LogP contribution in [0.2, 0.25) is 0 Å². The fourth-order valence-corrected chi connectivity index (χ4v) is 1.30. The largest absolute Gasteiger partial charge is 0.395 e. The summed E-state index contributed by atoms with van der Waals surface area (Å²) < 4.78 is 0. The van der Waals surface area contributed by atoms with Gasteiger partial charge in [0.15, 0.2) is 0 Å². The van der Waals surface area contributed by atoms with Gasteiger partial charge in [0.25, 0.3) is 0 Å². The van der Waals surface area contributed by atoms with Crippen molar-refractivity contribution in [1.29, 1.82) is 0 Å². The van der Waals surface area contributed by atoms with Crippen molar-refractivity contribution in [1.82, 2.24) is 10.2 Å². The highest BCUT2D eigenvalue weighted by Crippen LogP contribution is 2.29. The Labute approximate surface area is 78.9 Å². The molecule has 0 aromatic carbocycles. The number of carbonyl (C=O) groups excluding carboxylic acids is 1. The van der Waals surface area contributed by atoms with Crippen LogP contribution in [0.15, 0.2) is 0 Å². The second-order valence-electron chi connectivity index (χ2n) is 3.71. The lowest BCUT2D eigenvalue weighted by Crippen LogP contribution is -2.37. The van der Waals surface area contributed by atoms with E-state index in [2.05, 4.69) is 5.32 Å². The normalized spacial score (nSPS) is 16.2. The van der Waals surface area contributed by atoms with Gasteiger partial charge in [-0.2, -0.15) is 0 Å². The molecule has 0 aliphatic heterocycles. The highest BCUT2D eigenvalue weighted by Gasteiger charge is 2.23. The van der Waals surface area contributed by atoms with Gasteiger partial charge in [0.05, 0.1) is 13.2 Å². The Balaban J connectivity index is 2.03. The lowest BCUT2D eigenvalue weighted by molar-refractivity contribution is -0.122. The van der Waals surface area contributed by atoms with E-state index in [1.807, 2.05) is 11.9 Å². The van der Waals surface area contributed by atoms with Crippen molar-refractivity contribution in [3.05, 3.63) is 0 Å². The molecular formula is C9H18N2O2. The first-order valence-electron chi connectivity index (χ1n) is 4.78. The zero-order chi connectivity index (χ0) is 9.68. The molecular weight excluding hydrogens is 168 g/mol. The van der Waals surface area contributed by atoms with Crippen molar-refractivity contribution < 1.29 is 9.90 Å². The van der Waals surface area contributed by atoms with Crippen molar-refractivity contribution in [2.24, 2.45) is 5.92 Å². The van der Waals surface area contributed by atoms with Crippen LogP contribution in [0, 0.1) is 5.92 Å². The molecule has 76 valence electrons. The van der Waals surface area contributed by atoms with Crippen LogP contribution in [0.4, 0.5) is 0 Å². The number of likely N-dealkylation sites (N-methyl/N-ethyl adjacent to an activating group) is 1. The average molecular weight is 186 g/mol. The zero-order valence-corrected chi connectivity index (χ0v) is 8.12. The third kappa shape index (κ3) is 4.85. The summed E-state index contributed by atoms with van der Waals surface area (Å²) in [6.07, 6.45) is 2.62. The number of hydrogen-bond acceptors (Lipinski definition) is 3. The number of aliphatic hydroxyl groups excluding tert-OH is 1. The Morgan fingerprint density at radius 2 is 2.31 bits per heavy atom. The van der Waals surface area contributed by atoms with E-state index in [0.717, 1.165) is 12.5 Å². The first-order valence-corrected chi connectivity index (χ1v) is 4.78. The van der Waals surface area contributed by atoms with E-state index in [4.69, 9.17) is 5.11 Å². The summed E-state index contributed by atoms with van der Waals surface area (Å²) in [6, 6.07) is 0. The molecule has 2 N–H and O–H groups in total. The van der Waals surface area contributed by atoms with Crippen LogP contribution in [-0.2, 0) is 4.79 Å². The quantitative estimate of drug-likeness (QED) is 0.584. The van der Waals surface area contributed by atoms with E-state index >= 15 is 0 Å². The summed E-state index contributed by atoms with van der Waals surface area (Å²) in [5.74, 6) is 0.813. The fourth-order valence-electron chi connectivity index (χ4n) is 1.30. The van der Waals surface area contributed by atoms with Crippen LogP contribution in [0.1, 0.15) is 12.8 Å². The van der Waals surface area contributed by atoms with Gasteiger partial charge in [-0.15, -0.1) is 0 Å². The number of nitrogens with one attached hydrogen (secondary N) is 1. The summed E-state index contributed by atoms with van der Waals surface area (Å²) in [5.41, 5.74) is 0. The molecule has 13 heavy (non-hydrogen) atoms. The third-order valence-electron chi connectivity index (χ3n) is 2.11. The molecule has 4 nitrogen and oxygen atoms in total. The molecule has 4 heteroatoms. The van der Waals surface area contributed by atoms with Crippen LogP contribution in [-0.4, -0.2) is 49.2 Å². The minimum Gasteiger partial charge on any atom is -0.395 e. The van der Waals surface area contributed by atoms with Gasteiger partial charge in [-0.25, -0.2) is 0 Å². The van der Waals surface area contributed by atoms with E-state index in [0.29, 0.717) is 13.1 Å². The molecule has 0 unspecified atom stereocenters. The zero-order valence-electron chi connectivity index (χ0n) is 8.12. The number of rotatable bonds is 6. The first kappa shape index (κ1) is 10.5. The summed E-state index contributed by atoms with van der Waals surface area (Å²) in [7, 11) is 1.96. The predicted molar refractivity (Wildman–Crippen MR) is 50.3 cm³/mol. The van der Waals surface area contributed by atoms with Crippen molar-refractivity contribution >= 4 is 5.91 Å². The summed E-state index contributed by atoms with van der Waals surface area (Å²) in [5, 5.41) is 11.1. The number of hydrogen-bond donors (Lipinski definition) is 2. The number of nitrogens with zero attached hydrogens (tertiary/aromatic N) is 1. The predicted octanol–water partition coefficient (Wildman–Crippen LogP) is -0.563. The molecule has 0 radical (unpaired) electrons. The second kappa shape index (κ2) is 5.19. The Morgan fingerprint density at radius 1 is 1.62 bits per heavy atom. The molecule has 0 aromatic heterocycles. The first-order chi connectivity index (χ1) is 6.22. The Hall–Kier alpha value is -0.610. The number of carbonyl (C=O) groups is 1. The van der Waals surface area contributed by atoms with Crippen molar-refractivity contribution in [3.63, 3.8) is 0 Å². The van der Waals surface area contributed by atoms with Gasteiger partial charge in [0.1, 0.15) is 0 Å². The smallest absolute Gasteiger partial charge is 0.234 e. The molecule has 1 rings (SSSR count). The SMILES string of the molecule is CN(CC(=O)NCCO)CC1CC1. The lowest BCUT2D eigenvalue weighted by atomic mass is 10.4. The van der Waals surface area contributed by atoms with Gasteiger partial charge >= 0.3 is 0 Å². The molecule has 1 fully saturated rings. The molecule has 1 saturated carbocycles. The standard InChI is InChI=1S/C9H18N2O2/c1-11(6-8-2-3-8)7-9(13)10-4-5-12/h8,12H,2-7H2,1H3,(H,10,13). The lowest BCUT2D eigenvalue weighted by Gasteiger charge is -2.15. The summed E-state index contributed by atoms with van der Waals surface area (Å²) in [6.45, 7) is 1.83. The van der Waals surface area contributed by atoms with Gasteiger partial charge < -0.3 is 10.4 Å². The van der Waals surface area contributed by atoms with E-state index in [1.165, 1.54) is 12.8 Å². The van der Waals surface area contributed by atoms with Gasteiger partial charge in [0.2, 0.25) is 5.91 Å². The van der Waals surface area contributed by atoms with E-state index < -0.39 is 0 Å². The van der Waals surface area contributed by atoms with Crippen LogP contribution < -0.4 is 5.32 Å². The van der Waals surface area contributed by atoms with Crippen LogP contribution >= 0.6 is 0 Å². The Morgan fingerprint density at radius 3 is 2.85 bits per heavy atom. The number of amides is 1. The maximum absolute atomic E-state index is 11.2.